The number of nitrogens with one attached hydrogen (secondary N) is 1. The van der Waals surface area contributed by atoms with E-state index in [0.717, 1.165) is 51.8 Å². The van der Waals surface area contributed by atoms with Gasteiger partial charge in [-0.2, -0.15) is 0 Å². The topological polar surface area (TPSA) is 38.3 Å². The monoisotopic (exact) mass is 509 g/mol. The summed E-state index contributed by atoms with van der Waals surface area (Å²) >= 11 is 7.02. The molecule has 0 bridgehead atoms. The fourth-order valence-electron chi connectivity index (χ4n) is 3.30. The maximum atomic E-state index is 12.1. The Balaban J connectivity index is 2.06. The predicted molar refractivity (Wildman–Crippen MR) is 125 cm³/mol. The van der Waals surface area contributed by atoms with Gasteiger partial charge in [-0.25, -0.2) is 0 Å². The predicted octanol–water partition coefficient (Wildman–Crippen LogP) is 7.41. The van der Waals surface area contributed by atoms with E-state index in [1.807, 2.05) is 24.3 Å². The fourth-order valence-corrected chi connectivity index (χ4v) is 4.07. The molecular weight excluding hydrogens is 482 g/mol. The smallest absolute Gasteiger partial charge is 0.158 e. The van der Waals surface area contributed by atoms with Crippen LogP contribution in [0.1, 0.15) is 55.4 Å². The molecule has 0 saturated heterocycles. The van der Waals surface area contributed by atoms with Crippen LogP contribution in [0.15, 0.2) is 40.9 Å². The minimum absolute atomic E-state index is 0.128. The Labute approximate surface area is 185 Å². The van der Waals surface area contributed by atoms with Crippen molar-refractivity contribution in [2.75, 3.05) is 17.3 Å². The Bertz CT molecular complexity index is 752. The van der Waals surface area contributed by atoms with E-state index in [0.29, 0.717) is 11.8 Å². The van der Waals surface area contributed by atoms with Crippen LogP contribution in [0.5, 0.6) is 0 Å². The zero-order chi connectivity index (χ0) is 20.5. The number of carbonyl (C=O) groups excluding carboxylic acids is 1. The number of ketones is 1. The molecule has 2 aromatic carbocycles. The molecule has 2 rings (SSSR count). The molecule has 0 amide bonds. The van der Waals surface area contributed by atoms with E-state index in [9.17, 15) is 4.79 Å². The Hall–Kier alpha value is -1.17. The van der Waals surface area contributed by atoms with E-state index in [1.165, 1.54) is 0 Å². The summed E-state index contributed by atoms with van der Waals surface area (Å²) in [5, 5.41) is 4.11. The molecule has 1 atom stereocenters. The van der Waals surface area contributed by atoms with Crippen molar-refractivity contribution in [3.63, 3.8) is 0 Å². The first-order chi connectivity index (χ1) is 13.4. The summed E-state index contributed by atoms with van der Waals surface area (Å²) in [4.78, 5) is 12.1. The van der Waals surface area contributed by atoms with Gasteiger partial charge in [0.15, 0.2) is 5.78 Å². The average molecular weight is 511 g/mol. The fraction of sp³-hybridized carbons (Fsp3) is 0.435. The molecule has 0 spiro atoms. The lowest BCUT2D eigenvalue weighted by molar-refractivity contribution is -0.125. The number of hydrogen-bond donors (Lipinski definition) is 1. The zero-order valence-electron chi connectivity index (χ0n) is 16.9. The maximum Gasteiger partial charge on any atom is 0.158 e. The van der Waals surface area contributed by atoms with E-state index >= 15 is 0 Å². The first-order valence-corrected chi connectivity index (χ1v) is 11.7. The Morgan fingerprint density at radius 1 is 1.07 bits per heavy atom. The molecule has 5 heteroatoms. The summed E-state index contributed by atoms with van der Waals surface area (Å²) in [6.45, 7) is 6.51. The van der Waals surface area contributed by atoms with Gasteiger partial charge >= 0.3 is 0 Å². The highest BCUT2D eigenvalue weighted by Crippen LogP contribution is 2.31. The number of carbonyl (C=O) groups is 1. The molecule has 1 N–H and O–H groups in total. The molecule has 0 aliphatic carbocycles. The quantitative estimate of drug-likeness (QED) is 0.252. The maximum absolute atomic E-state index is 12.1. The number of anilines is 2. The lowest BCUT2D eigenvalue weighted by atomic mass is 9.97. The third-order valence-electron chi connectivity index (χ3n) is 4.69. The molecule has 0 radical (unpaired) electrons. The molecule has 152 valence electrons. The van der Waals surface area contributed by atoms with Crippen LogP contribution in [-0.4, -0.2) is 17.7 Å². The van der Waals surface area contributed by atoms with Crippen molar-refractivity contribution in [1.29, 1.82) is 0 Å². The van der Waals surface area contributed by atoms with Crippen LogP contribution in [0.2, 0.25) is 0 Å². The highest BCUT2D eigenvalue weighted by atomic mass is 79.9. The van der Waals surface area contributed by atoms with Gasteiger partial charge in [-0.3, -0.25) is 4.79 Å². The zero-order valence-corrected chi connectivity index (χ0v) is 20.0. The van der Waals surface area contributed by atoms with E-state index in [4.69, 9.17) is 4.74 Å². The minimum atomic E-state index is -0.128. The summed E-state index contributed by atoms with van der Waals surface area (Å²) in [5.41, 5.74) is 5.55. The third kappa shape index (κ3) is 7.02. The Morgan fingerprint density at radius 3 is 2.29 bits per heavy atom. The number of ether oxygens (including phenoxy) is 1. The van der Waals surface area contributed by atoms with Gasteiger partial charge in [-0.1, -0.05) is 51.6 Å². The molecule has 0 aliphatic heterocycles. The molecule has 0 saturated carbocycles. The second kappa shape index (κ2) is 11.7. The van der Waals surface area contributed by atoms with Gasteiger partial charge < -0.3 is 10.1 Å². The molecular formula is C23H29Br2NO2. The lowest BCUT2D eigenvalue weighted by Gasteiger charge is -2.21. The molecule has 28 heavy (non-hydrogen) atoms. The van der Waals surface area contributed by atoms with Gasteiger partial charge in [0.25, 0.3) is 0 Å². The van der Waals surface area contributed by atoms with Gasteiger partial charge in [0.2, 0.25) is 0 Å². The number of alkyl halides is 1. The summed E-state index contributed by atoms with van der Waals surface area (Å²) in [5.74, 6) is 0.184. The van der Waals surface area contributed by atoms with E-state index < -0.39 is 0 Å². The van der Waals surface area contributed by atoms with Crippen molar-refractivity contribution in [3.05, 3.63) is 57.6 Å². The Morgan fingerprint density at radius 2 is 1.71 bits per heavy atom. The number of rotatable bonds is 11. The number of Topliss-reactive ketones (excluding diaryl/α,β-unsaturated/α-hetero) is 1. The van der Waals surface area contributed by atoms with Crippen LogP contribution >= 0.6 is 31.9 Å². The van der Waals surface area contributed by atoms with Gasteiger partial charge in [-0.05, 0) is 73.4 Å². The lowest BCUT2D eigenvalue weighted by Crippen LogP contribution is -2.16. The number of hydrogen-bond acceptors (Lipinski definition) is 3. The molecule has 0 fully saturated rings. The number of unbranched alkanes of at least 4 members (excludes halogenated alkanes) is 2. The van der Waals surface area contributed by atoms with Crippen molar-refractivity contribution >= 4 is 49.0 Å². The second-order valence-corrected chi connectivity index (χ2v) is 8.67. The van der Waals surface area contributed by atoms with Gasteiger partial charge in [0.1, 0.15) is 6.61 Å². The van der Waals surface area contributed by atoms with Crippen LogP contribution in [0.4, 0.5) is 11.4 Å². The van der Waals surface area contributed by atoms with Crippen LogP contribution < -0.4 is 5.32 Å². The summed E-state index contributed by atoms with van der Waals surface area (Å²) in [7, 11) is 0. The normalized spacial score (nSPS) is 12.0. The van der Waals surface area contributed by atoms with Crippen LogP contribution in [0, 0.1) is 13.8 Å². The van der Waals surface area contributed by atoms with E-state index in [-0.39, 0.29) is 18.5 Å². The molecule has 0 aliphatic rings. The molecule has 0 heterocycles. The van der Waals surface area contributed by atoms with Crippen molar-refractivity contribution in [1.82, 2.24) is 0 Å². The SMILES string of the molecule is CCCCCC(=O)COC(CBr)c1c(C)cc(Nc2ccc(Br)cc2)cc1C. The highest BCUT2D eigenvalue weighted by Gasteiger charge is 2.18. The van der Waals surface area contributed by atoms with E-state index in [1.54, 1.807) is 0 Å². The summed E-state index contributed by atoms with van der Waals surface area (Å²) in [6, 6.07) is 12.4. The first kappa shape index (κ1) is 23.1. The number of benzene rings is 2. The van der Waals surface area contributed by atoms with Gasteiger partial charge in [0, 0.05) is 27.6 Å². The summed E-state index contributed by atoms with van der Waals surface area (Å²) < 4.78 is 7.04. The number of aryl methyl sites for hydroxylation is 2. The van der Waals surface area contributed by atoms with Crippen LogP contribution in [-0.2, 0) is 9.53 Å². The van der Waals surface area contributed by atoms with Gasteiger partial charge in [-0.15, -0.1) is 0 Å². The van der Waals surface area contributed by atoms with Crippen LogP contribution in [0.25, 0.3) is 0 Å². The molecule has 2 aromatic rings. The molecule has 0 aromatic heterocycles. The minimum Gasteiger partial charge on any atom is -0.365 e. The molecule has 3 nitrogen and oxygen atoms in total. The Kier molecular flexibility index (Phi) is 9.69. The summed E-state index contributed by atoms with van der Waals surface area (Å²) in [6.07, 6.45) is 3.65. The van der Waals surface area contributed by atoms with Gasteiger partial charge in [0.05, 0.1) is 6.10 Å². The van der Waals surface area contributed by atoms with Crippen molar-refractivity contribution in [3.8, 4) is 0 Å². The van der Waals surface area contributed by atoms with Crippen molar-refractivity contribution in [2.24, 2.45) is 0 Å². The van der Waals surface area contributed by atoms with Crippen molar-refractivity contribution < 1.29 is 9.53 Å². The third-order valence-corrected chi connectivity index (χ3v) is 5.81. The van der Waals surface area contributed by atoms with Crippen LogP contribution in [0.3, 0.4) is 0 Å². The largest absolute Gasteiger partial charge is 0.365 e. The second-order valence-electron chi connectivity index (χ2n) is 7.11. The first-order valence-electron chi connectivity index (χ1n) is 9.77. The average Bonchev–Trinajstić information content (AvgIpc) is 2.66. The molecule has 1 unspecified atom stereocenters. The highest BCUT2D eigenvalue weighted by molar-refractivity contribution is 9.10. The van der Waals surface area contributed by atoms with E-state index in [2.05, 4.69) is 70.1 Å². The standard InChI is InChI=1S/C23H29Br2NO2/c1-4-5-6-7-21(27)15-28-22(14-24)23-16(2)12-20(13-17(23)3)26-19-10-8-18(25)9-11-19/h8-13,22,26H,4-7,14-15H2,1-3H3. The van der Waals surface area contributed by atoms with Crippen molar-refractivity contribution in [2.45, 2.75) is 52.6 Å². The number of halogens is 2.